The second-order valence-electron chi connectivity index (χ2n) is 6.98. The van der Waals surface area contributed by atoms with Gasteiger partial charge in [-0.25, -0.2) is 4.79 Å². The van der Waals surface area contributed by atoms with Gasteiger partial charge in [-0.2, -0.15) is 0 Å². The van der Waals surface area contributed by atoms with E-state index in [2.05, 4.69) is 11.8 Å². The summed E-state index contributed by atoms with van der Waals surface area (Å²) in [5.41, 5.74) is 0. The molecule has 0 aliphatic carbocycles. The molecule has 1 heterocycles. The fraction of sp³-hybridized carbons (Fsp3) is 0.947. The molecule has 1 amide bonds. The average Bonchev–Trinajstić information content (AvgIpc) is 2.61. The van der Waals surface area contributed by atoms with Crippen LogP contribution in [0.25, 0.3) is 0 Å². The van der Waals surface area contributed by atoms with Crippen molar-refractivity contribution in [1.29, 1.82) is 0 Å². The standard InChI is InChI=1S/C19H38N2O3/c1-2-3-4-5-6-7-8-9-10-12-19(22)21(23)14-11-13-20-15-17-24-18-16-20/h21H,2-18H2,1H3. The van der Waals surface area contributed by atoms with Gasteiger partial charge in [0.2, 0.25) is 0 Å². The summed E-state index contributed by atoms with van der Waals surface area (Å²) in [7, 11) is 0. The molecule has 0 saturated carbocycles. The molecule has 1 saturated heterocycles. The summed E-state index contributed by atoms with van der Waals surface area (Å²) in [5.74, 6) is -0.153. The molecule has 0 aromatic carbocycles. The fourth-order valence-electron chi connectivity index (χ4n) is 3.16. The van der Waals surface area contributed by atoms with Crippen molar-refractivity contribution in [2.75, 3.05) is 39.4 Å². The monoisotopic (exact) mass is 342 g/mol. The molecule has 5 nitrogen and oxygen atoms in total. The Balaban J connectivity index is 1.90. The lowest BCUT2D eigenvalue weighted by atomic mass is 10.1. The van der Waals surface area contributed by atoms with Gasteiger partial charge in [-0.1, -0.05) is 58.3 Å². The largest absolute Gasteiger partial charge is 0.627 e. The van der Waals surface area contributed by atoms with Crippen molar-refractivity contribution in [1.82, 2.24) is 4.90 Å². The van der Waals surface area contributed by atoms with Crippen LogP contribution in [0.1, 0.15) is 77.6 Å². The maximum Gasteiger partial charge on any atom is 0.312 e. The first kappa shape index (κ1) is 21.6. The number of carbonyl (C=O) groups is 1. The first-order valence-electron chi connectivity index (χ1n) is 10.1. The van der Waals surface area contributed by atoms with Crippen LogP contribution in [0.15, 0.2) is 0 Å². The maximum atomic E-state index is 11.9. The van der Waals surface area contributed by atoms with Crippen molar-refractivity contribution in [3.8, 4) is 0 Å². The summed E-state index contributed by atoms with van der Waals surface area (Å²) in [5, 5.41) is 11.7. The van der Waals surface area contributed by atoms with E-state index in [1.165, 1.54) is 44.9 Å². The van der Waals surface area contributed by atoms with E-state index < -0.39 is 0 Å². The number of hydrogen-bond donors (Lipinski definition) is 1. The Morgan fingerprint density at radius 2 is 1.54 bits per heavy atom. The first-order chi connectivity index (χ1) is 11.7. The van der Waals surface area contributed by atoms with Crippen LogP contribution in [0.5, 0.6) is 0 Å². The highest BCUT2D eigenvalue weighted by Gasteiger charge is 2.13. The Labute approximate surface area is 148 Å². The average molecular weight is 343 g/mol. The molecule has 0 aromatic rings. The minimum Gasteiger partial charge on any atom is -0.627 e. The summed E-state index contributed by atoms with van der Waals surface area (Å²) < 4.78 is 5.30. The summed E-state index contributed by atoms with van der Waals surface area (Å²) in [6.07, 6.45) is 12.3. The predicted molar refractivity (Wildman–Crippen MR) is 97.9 cm³/mol. The molecule has 0 spiro atoms. The van der Waals surface area contributed by atoms with E-state index in [4.69, 9.17) is 4.74 Å². The number of morpholine rings is 1. The minimum absolute atomic E-state index is 0.153. The highest BCUT2D eigenvalue weighted by Crippen LogP contribution is 2.10. The van der Waals surface area contributed by atoms with E-state index in [-0.39, 0.29) is 11.0 Å². The van der Waals surface area contributed by atoms with Crippen LogP contribution in [0.3, 0.4) is 0 Å². The Morgan fingerprint density at radius 3 is 2.17 bits per heavy atom. The number of unbranched alkanes of at least 4 members (excludes halogenated alkanes) is 8. The van der Waals surface area contributed by atoms with Crippen LogP contribution in [-0.4, -0.2) is 50.2 Å². The summed E-state index contributed by atoms with van der Waals surface area (Å²) in [6.45, 7) is 7.01. The van der Waals surface area contributed by atoms with Gasteiger partial charge in [0.25, 0.3) is 0 Å². The van der Waals surface area contributed by atoms with Gasteiger partial charge in [-0.15, -0.1) is 0 Å². The summed E-state index contributed by atoms with van der Waals surface area (Å²) in [4.78, 5) is 14.2. The van der Waals surface area contributed by atoms with E-state index in [1.54, 1.807) is 0 Å². The van der Waals surface area contributed by atoms with Gasteiger partial charge < -0.3 is 15.0 Å². The first-order valence-corrected chi connectivity index (χ1v) is 10.1. The molecule has 1 fully saturated rings. The van der Waals surface area contributed by atoms with Crippen LogP contribution in [-0.2, 0) is 9.53 Å². The van der Waals surface area contributed by atoms with Crippen LogP contribution < -0.4 is 5.06 Å². The Bertz CT molecular complexity index is 307. The van der Waals surface area contributed by atoms with Gasteiger partial charge >= 0.3 is 5.91 Å². The third kappa shape index (κ3) is 11.1. The second kappa shape index (κ2) is 14.8. The fourth-order valence-corrected chi connectivity index (χ4v) is 3.16. The van der Waals surface area contributed by atoms with Gasteiger partial charge in [0.1, 0.15) is 0 Å². The van der Waals surface area contributed by atoms with Crippen LogP contribution >= 0.6 is 0 Å². The van der Waals surface area contributed by atoms with Gasteiger partial charge in [-0.05, 0) is 6.42 Å². The van der Waals surface area contributed by atoms with Gasteiger partial charge in [0.05, 0.1) is 26.2 Å². The van der Waals surface area contributed by atoms with Crippen LogP contribution in [0.2, 0.25) is 0 Å². The Morgan fingerprint density at radius 1 is 0.958 bits per heavy atom. The highest BCUT2D eigenvalue weighted by atomic mass is 16.5. The molecule has 0 bridgehead atoms. The lowest BCUT2D eigenvalue weighted by Gasteiger charge is -2.27. The minimum atomic E-state index is -0.164. The summed E-state index contributed by atoms with van der Waals surface area (Å²) in [6, 6.07) is 0. The normalized spacial score (nSPS) is 17.1. The molecular weight excluding hydrogens is 304 g/mol. The molecule has 1 rings (SSSR count). The number of quaternary nitrogens is 1. The maximum absolute atomic E-state index is 11.9. The molecule has 1 aliphatic heterocycles. The topological polar surface area (TPSA) is 57.0 Å². The van der Waals surface area contributed by atoms with E-state index in [9.17, 15) is 10.0 Å². The zero-order valence-corrected chi connectivity index (χ0v) is 15.7. The third-order valence-corrected chi connectivity index (χ3v) is 4.80. The van der Waals surface area contributed by atoms with Crippen molar-refractivity contribution in [3.05, 3.63) is 5.21 Å². The molecule has 142 valence electrons. The van der Waals surface area contributed by atoms with Crippen LogP contribution in [0.4, 0.5) is 0 Å². The number of nitrogens with zero attached hydrogens (tertiary/aromatic N) is 1. The van der Waals surface area contributed by atoms with Gasteiger partial charge in [-0.3, -0.25) is 4.90 Å². The number of nitrogens with one attached hydrogen (secondary N) is 1. The second-order valence-corrected chi connectivity index (χ2v) is 6.98. The van der Waals surface area contributed by atoms with E-state index in [0.29, 0.717) is 13.0 Å². The van der Waals surface area contributed by atoms with Crippen LogP contribution in [0, 0.1) is 5.21 Å². The molecule has 1 unspecified atom stereocenters. The van der Waals surface area contributed by atoms with Crippen molar-refractivity contribution in [2.45, 2.75) is 77.6 Å². The number of hydroxylamine groups is 2. The van der Waals surface area contributed by atoms with Crippen molar-refractivity contribution >= 4 is 5.91 Å². The van der Waals surface area contributed by atoms with Gasteiger partial charge in [0, 0.05) is 26.1 Å². The lowest BCUT2D eigenvalue weighted by Crippen LogP contribution is -3.10. The Hall–Kier alpha value is -0.490. The SMILES string of the molecule is CCCCCCCCCCCC(=O)[NH+]([O-])CCCN1CCOCC1. The number of rotatable bonds is 14. The predicted octanol–water partition coefficient (Wildman–Crippen LogP) is 2.54. The molecule has 1 N–H and O–H groups in total. The number of amides is 1. The molecule has 24 heavy (non-hydrogen) atoms. The quantitative estimate of drug-likeness (QED) is 0.389. The zero-order chi connectivity index (χ0) is 17.5. The third-order valence-electron chi connectivity index (χ3n) is 4.80. The molecule has 0 aromatic heterocycles. The Kier molecular flexibility index (Phi) is 13.3. The van der Waals surface area contributed by atoms with Crippen molar-refractivity contribution in [3.63, 3.8) is 0 Å². The molecule has 5 heteroatoms. The number of ether oxygens (including phenoxy) is 1. The zero-order valence-electron chi connectivity index (χ0n) is 15.7. The van der Waals surface area contributed by atoms with E-state index >= 15 is 0 Å². The van der Waals surface area contributed by atoms with E-state index in [1.807, 2.05) is 0 Å². The lowest BCUT2D eigenvalue weighted by molar-refractivity contribution is -0.765. The van der Waals surface area contributed by atoms with Gasteiger partial charge in [0.15, 0.2) is 0 Å². The smallest absolute Gasteiger partial charge is 0.312 e. The molecule has 1 aliphatic rings. The van der Waals surface area contributed by atoms with Crippen molar-refractivity contribution < 1.29 is 14.6 Å². The van der Waals surface area contributed by atoms with E-state index in [0.717, 1.165) is 52.1 Å². The number of carbonyl (C=O) groups excluding carboxylic acids is 1. The molecule has 0 radical (unpaired) electrons. The van der Waals surface area contributed by atoms with Crippen molar-refractivity contribution in [2.24, 2.45) is 0 Å². The molecular formula is C19H38N2O3. The number of hydrogen-bond acceptors (Lipinski definition) is 4. The summed E-state index contributed by atoms with van der Waals surface area (Å²) >= 11 is 0. The molecule has 1 atom stereocenters. The highest BCUT2D eigenvalue weighted by molar-refractivity contribution is 5.66.